The third-order valence-electron chi connectivity index (χ3n) is 4.23. The number of aromatic nitrogens is 1. The van der Waals surface area contributed by atoms with E-state index in [0.29, 0.717) is 0 Å². The third-order valence-corrected chi connectivity index (χ3v) is 5.31. The Morgan fingerprint density at radius 2 is 1.78 bits per heavy atom. The summed E-state index contributed by atoms with van der Waals surface area (Å²) in [6.07, 6.45) is 0. The lowest BCUT2D eigenvalue weighted by atomic mass is 10.2. The molecule has 0 radical (unpaired) electrons. The van der Waals surface area contributed by atoms with Crippen molar-refractivity contribution in [2.75, 3.05) is 31.1 Å². The van der Waals surface area contributed by atoms with Gasteiger partial charge in [-0.1, -0.05) is 41.7 Å². The molecule has 3 nitrogen and oxygen atoms in total. The Kier molecular flexibility index (Phi) is 3.97. The molecule has 23 heavy (non-hydrogen) atoms. The average molecular weight is 327 g/mol. The van der Waals surface area contributed by atoms with Crippen LogP contribution in [0.2, 0.25) is 0 Å². The van der Waals surface area contributed by atoms with Gasteiger partial charge < -0.3 is 4.90 Å². The quantitative estimate of drug-likeness (QED) is 0.730. The predicted octanol–water partition coefficient (Wildman–Crippen LogP) is 3.76. The zero-order valence-electron chi connectivity index (χ0n) is 12.8. The highest BCUT2D eigenvalue weighted by atomic mass is 32.1. The molecule has 118 valence electrons. The van der Waals surface area contributed by atoms with Crippen molar-refractivity contribution >= 4 is 26.7 Å². The van der Waals surface area contributed by atoms with Gasteiger partial charge >= 0.3 is 0 Å². The number of benzene rings is 2. The highest BCUT2D eigenvalue weighted by Gasteiger charge is 2.20. The number of fused-ring (bicyclic) bond motifs is 1. The van der Waals surface area contributed by atoms with Crippen LogP contribution >= 0.6 is 11.3 Å². The molecule has 1 aliphatic heterocycles. The Bertz CT molecular complexity index is 794. The predicted molar refractivity (Wildman–Crippen MR) is 93.5 cm³/mol. The molecule has 0 N–H and O–H groups in total. The summed E-state index contributed by atoms with van der Waals surface area (Å²) < 4.78 is 14.2. The van der Waals surface area contributed by atoms with E-state index < -0.39 is 0 Å². The third kappa shape index (κ3) is 3.21. The number of anilines is 1. The minimum absolute atomic E-state index is 0.194. The average Bonchev–Trinajstić information content (AvgIpc) is 2.99. The maximum absolute atomic E-state index is 13.3. The molecule has 1 saturated heterocycles. The number of nitrogens with zero attached hydrogens (tertiary/aromatic N) is 3. The maximum atomic E-state index is 13.3. The van der Waals surface area contributed by atoms with E-state index in [2.05, 4.69) is 45.1 Å². The lowest BCUT2D eigenvalue weighted by molar-refractivity contribution is 0.250. The van der Waals surface area contributed by atoms with Gasteiger partial charge in [-0.3, -0.25) is 4.90 Å². The number of rotatable bonds is 3. The van der Waals surface area contributed by atoms with Gasteiger partial charge in [0, 0.05) is 32.7 Å². The molecule has 2 aromatic carbocycles. The van der Waals surface area contributed by atoms with Crippen molar-refractivity contribution in [1.29, 1.82) is 0 Å². The van der Waals surface area contributed by atoms with E-state index in [0.717, 1.165) is 48.1 Å². The minimum Gasteiger partial charge on any atom is -0.345 e. The van der Waals surface area contributed by atoms with Gasteiger partial charge in [0.15, 0.2) is 5.13 Å². The zero-order valence-corrected chi connectivity index (χ0v) is 13.6. The van der Waals surface area contributed by atoms with Crippen LogP contribution < -0.4 is 4.90 Å². The fraction of sp³-hybridized carbons (Fsp3) is 0.278. The fourth-order valence-corrected chi connectivity index (χ4v) is 4.00. The second kappa shape index (κ2) is 6.26. The molecule has 1 aliphatic rings. The number of thiazole rings is 1. The molecular formula is C18H18FN3S. The molecule has 0 atom stereocenters. The van der Waals surface area contributed by atoms with E-state index in [-0.39, 0.29) is 5.82 Å². The van der Waals surface area contributed by atoms with E-state index in [1.165, 1.54) is 11.6 Å². The molecule has 2 heterocycles. The molecule has 5 heteroatoms. The molecule has 0 amide bonds. The van der Waals surface area contributed by atoms with E-state index in [1.807, 2.05) is 0 Å². The second-order valence-electron chi connectivity index (χ2n) is 5.86. The summed E-state index contributed by atoms with van der Waals surface area (Å²) >= 11 is 1.58. The highest BCUT2D eigenvalue weighted by Crippen LogP contribution is 2.30. The van der Waals surface area contributed by atoms with Gasteiger partial charge in [0.1, 0.15) is 5.82 Å². The summed E-state index contributed by atoms with van der Waals surface area (Å²) in [6.45, 7) is 4.99. The number of hydrogen-bond donors (Lipinski definition) is 0. The van der Waals surface area contributed by atoms with Gasteiger partial charge in [0.25, 0.3) is 0 Å². The van der Waals surface area contributed by atoms with Crippen LogP contribution in [-0.2, 0) is 6.54 Å². The van der Waals surface area contributed by atoms with Crippen molar-refractivity contribution < 1.29 is 4.39 Å². The number of hydrogen-bond acceptors (Lipinski definition) is 4. The van der Waals surface area contributed by atoms with Crippen LogP contribution in [0.25, 0.3) is 10.2 Å². The van der Waals surface area contributed by atoms with Gasteiger partial charge in [0.05, 0.1) is 10.2 Å². The van der Waals surface area contributed by atoms with Crippen LogP contribution in [0.15, 0.2) is 48.5 Å². The van der Waals surface area contributed by atoms with Gasteiger partial charge in [-0.25, -0.2) is 9.37 Å². The Morgan fingerprint density at radius 3 is 2.57 bits per heavy atom. The van der Waals surface area contributed by atoms with Gasteiger partial charge in [-0.05, 0) is 23.8 Å². The van der Waals surface area contributed by atoms with Gasteiger partial charge in [0.2, 0.25) is 0 Å². The molecule has 0 unspecified atom stereocenters. The Balaban J connectivity index is 1.42. The molecule has 4 rings (SSSR count). The Hall–Kier alpha value is -1.98. The van der Waals surface area contributed by atoms with Crippen molar-refractivity contribution in [2.45, 2.75) is 6.54 Å². The van der Waals surface area contributed by atoms with Crippen molar-refractivity contribution in [2.24, 2.45) is 0 Å². The largest absolute Gasteiger partial charge is 0.345 e. The van der Waals surface area contributed by atoms with Crippen LogP contribution in [0.3, 0.4) is 0 Å². The fourth-order valence-electron chi connectivity index (χ4n) is 2.96. The Labute approximate surface area is 139 Å². The van der Waals surface area contributed by atoms with Crippen molar-refractivity contribution in [3.63, 3.8) is 0 Å². The van der Waals surface area contributed by atoms with E-state index in [4.69, 9.17) is 0 Å². The second-order valence-corrected chi connectivity index (χ2v) is 6.87. The molecule has 1 fully saturated rings. The van der Waals surface area contributed by atoms with E-state index >= 15 is 0 Å². The molecule has 0 saturated carbocycles. The highest BCUT2D eigenvalue weighted by molar-refractivity contribution is 7.22. The smallest absolute Gasteiger partial charge is 0.186 e. The number of halogens is 1. The summed E-state index contributed by atoms with van der Waals surface area (Å²) in [7, 11) is 0. The minimum atomic E-state index is -0.194. The summed E-state index contributed by atoms with van der Waals surface area (Å²) in [6, 6.07) is 15.4. The molecular weight excluding hydrogens is 309 g/mol. The lowest BCUT2D eigenvalue weighted by Crippen LogP contribution is -2.45. The van der Waals surface area contributed by atoms with E-state index in [1.54, 1.807) is 23.5 Å². The SMILES string of the molecule is Fc1ccc2nc(N3CCN(Cc4ccccc4)CC3)sc2c1. The Morgan fingerprint density at radius 1 is 1.00 bits per heavy atom. The summed E-state index contributed by atoms with van der Waals surface area (Å²) in [5.74, 6) is -0.194. The first kappa shape index (κ1) is 14.6. The lowest BCUT2D eigenvalue weighted by Gasteiger charge is -2.34. The molecule has 3 aromatic rings. The topological polar surface area (TPSA) is 19.4 Å². The molecule has 1 aromatic heterocycles. The molecule has 0 bridgehead atoms. The summed E-state index contributed by atoms with van der Waals surface area (Å²) in [4.78, 5) is 9.43. The number of piperazine rings is 1. The summed E-state index contributed by atoms with van der Waals surface area (Å²) in [5, 5.41) is 1.00. The van der Waals surface area contributed by atoms with E-state index in [9.17, 15) is 4.39 Å². The summed E-state index contributed by atoms with van der Waals surface area (Å²) in [5.41, 5.74) is 2.24. The standard InChI is InChI=1S/C18H18FN3S/c19-15-6-7-16-17(12-15)23-18(20-16)22-10-8-21(9-11-22)13-14-4-2-1-3-5-14/h1-7,12H,8-11,13H2. The van der Waals surface area contributed by atoms with Gasteiger partial charge in [-0.2, -0.15) is 0 Å². The first-order chi connectivity index (χ1) is 11.3. The zero-order chi connectivity index (χ0) is 15.6. The van der Waals surface area contributed by atoms with Crippen LogP contribution in [0.4, 0.5) is 9.52 Å². The van der Waals surface area contributed by atoms with Crippen LogP contribution in [0, 0.1) is 5.82 Å². The van der Waals surface area contributed by atoms with Crippen molar-refractivity contribution in [3.05, 3.63) is 59.9 Å². The van der Waals surface area contributed by atoms with Gasteiger partial charge in [-0.15, -0.1) is 0 Å². The first-order valence-corrected chi connectivity index (χ1v) is 8.67. The maximum Gasteiger partial charge on any atom is 0.186 e. The van der Waals surface area contributed by atoms with Crippen molar-refractivity contribution in [1.82, 2.24) is 9.88 Å². The van der Waals surface area contributed by atoms with Crippen molar-refractivity contribution in [3.8, 4) is 0 Å². The molecule has 0 spiro atoms. The van der Waals surface area contributed by atoms with Crippen LogP contribution in [-0.4, -0.2) is 36.1 Å². The monoisotopic (exact) mass is 327 g/mol. The van der Waals surface area contributed by atoms with Crippen LogP contribution in [0.1, 0.15) is 5.56 Å². The van der Waals surface area contributed by atoms with Crippen LogP contribution in [0.5, 0.6) is 0 Å². The normalized spacial score (nSPS) is 16.1. The molecule has 0 aliphatic carbocycles. The first-order valence-electron chi connectivity index (χ1n) is 7.85.